The van der Waals surface area contributed by atoms with E-state index in [0.717, 1.165) is 24.2 Å². The predicted octanol–water partition coefficient (Wildman–Crippen LogP) is 2.49. The van der Waals surface area contributed by atoms with Crippen LogP contribution in [0.5, 0.6) is 5.75 Å². The summed E-state index contributed by atoms with van der Waals surface area (Å²) in [5.74, 6) is 1.07. The molecule has 1 aliphatic heterocycles. The third-order valence-electron chi connectivity index (χ3n) is 3.83. The number of hydrogen-bond donors (Lipinski definition) is 0. The minimum Gasteiger partial charge on any atom is -0.492 e. The molecular weight excluding hydrogens is 226 g/mol. The Kier molecular flexibility index (Phi) is 3.90. The molecule has 0 fully saturated rings. The van der Waals surface area contributed by atoms with E-state index in [1.807, 2.05) is 36.2 Å². The summed E-state index contributed by atoms with van der Waals surface area (Å²) in [5.41, 5.74) is 1.14. The Labute approximate surface area is 109 Å². The lowest BCUT2D eigenvalue weighted by atomic mass is 9.95. The fourth-order valence-corrected chi connectivity index (χ4v) is 2.27. The molecule has 1 aromatic carbocycles. The molecule has 18 heavy (non-hydrogen) atoms. The van der Waals surface area contributed by atoms with Crippen molar-refractivity contribution in [3.05, 3.63) is 29.8 Å². The minimum atomic E-state index is -0.0427. The molecular formula is C15H21NO2. The van der Waals surface area contributed by atoms with Crippen molar-refractivity contribution < 1.29 is 9.53 Å². The minimum absolute atomic E-state index is 0.0427. The van der Waals surface area contributed by atoms with E-state index in [4.69, 9.17) is 4.74 Å². The second-order valence-corrected chi connectivity index (χ2v) is 5.03. The van der Waals surface area contributed by atoms with Crippen molar-refractivity contribution in [1.82, 2.24) is 4.90 Å². The van der Waals surface area contributed by atoms with Gasteiger partial charge in [0.2, 0.25) is 5.91 Å². The summed E-state index contributed by atoms with van der Waals surface area (Å²) in [6, 6.07) is 8.25. The van der Waals surface area contributed by atoms with E-state index >= 15 is 0 Å². The van der Waals surface area contributed by atoms with Crippen LogP contribution in [0, 0.1) is 5.92 Å². The van der Waals surface area contributed by atoms with E-state index in [1.165, 1.54) is 0 Å². The Hall–Kier alpha value is -1.51. The van der Waals surface area contributed by atoms with Crippen molar-refractivity contribution in [3.8, 4) is 5.75 Å². The molecule has 2 unspecified atom stereocenters. The lowest BCUT2D eigenvalue weighted by Crippen LogP contribution is -2.42. The van der Waals surface area contributed by atoms with Gasteiger partial charge in [0.25, 0.3) is 0 Å². The van der Waals surface area contributed by atoms with Crippen molar-refractivity contribution in [2.75, 3.05) is 13.7 Å². The maximum Gasteiger partial charge on any atom is 0.229 e. The Morgan fingerprint density at radius 3 is 2.94 bits per heavy atom. The predicted molar refractivity (Wildman–Crippen MR) is 71.7 cm³/mol. The zero-order valence-electron chi connectivity index (χ0n) is 11.3. The van der Waals surface area contributed by atoms with Crippen molar-refractivity contribution >= 4 is 5.91 Å². The lowest BCUT2D eigenvalue weighted by molar-refractivity contribution is -0.137. The van der Waals surface area contributed by atoms with Crippen LogP contribution in [0.1, 0.15) is 25.8 Å². The molecule has 0 saturated heterocycles. The highest BCUT2D eigenvalue weighted by Crippen LogP contribution is 2.27. The van der Waals surface area contributed by atoms with E-state index in [9.17, 15) is 4.79 Å². The monoisotopic (exact) mass is 247 g/mol. The first-order valence-electron chi connectivity index (χ1n) is 6.60. The average molecular weight is 247 g/mol. The highest BCUT2D eigenvalue weighted by Gasteiger charge is 2.29. The van der Waals surface area contributed by atoms with Gasteiger partial charge in [-0.3, -0.25) is 4.79 Å². The maximum absolute atomic E-state index is 12.4. The molecule has 1 aromatic rings. The van der Waals surface area contributed by atoms with Crippen molar-refractivity contribution in [1.29, 1.82) is 0 Å². The van der Waals surface area contributed by atoms with Crippen LogP contribution in [-0.2, 0) is 11.2 Å². The van der Waals surface area contributed by atoms with E-state index < -0.39 is 0 Å². The number of amides is 1. The zero-order chi connectivity index (χ0) is 13.1. The van der Waals surface area contributed by atoms with Gasteiger partial charge in [0.1, 0.15) is 12.4 Å². The van der Waals surface area contributed by atoms with E-state index in [0.29, 0.717) is 6.61 Å². The molecule has 3 nitrogen and oxygen atoms in total. The van der Waals surface area contributed by atoms with Gasteiger partial charge in [0.15, 0.2) is 0 Å². The van der Waals surface area contributed by atoms with Crippen LogP contribution < -0.4 is 4.74 Å². The third-order valence-corrected chi connectivity index (χ3v) is 3.83. The number of hydrogen-bond acceptors (Lipinski definition) is 2. The molecule has 1 heterocycles. The van der Waals surface area contributed by atoms with Gasteiger partial charge in [-0.25, -0.2) is 0 Å². The number of carbonyl (C=O) groups excluding carboxylic acids is 1. The number of ether oxygens (including phenoxy) is 1. The molecule has 2 atom stereocenters. The van der Waals surface area contributed by atoms with Crippen LogP contribution in [0.2, 0.25) is 0 Å². The second-order valence-electron chi connectivity index (χ2n) is 5.03. The van der Waals surface area contributed by atoms with Crippen LogP contribution in [-0.4, -0.2) is 30.5 Å². The molecule has 98 valence electrons. The van der Waals surface area contributed by atoms with Crippen LogP contribution in [0.4, 0.5) is 0 Å². The smallest absolute Gasteiger partial charge is 0.229 e. The molecule has 0 N–H and O–H groups in total. The zero-order valence-corrected chi connectivity index (χ0v) is 11.3. The normalized spacial score (nSPS) is 19.6. The van der Waals surface area contributed by atoms with Crippen LogP contribution in [0.3, 0.4) is 0 Å². The first-order valence-corrected chi connectivity index (χ1v) is 6.60. The molecule has 0 spiro atoms. The van der Waals surface area contributed by atoms with Gasteiger partial charge in [0.05, 0.1) is 5.92 Å². The lowest BCUT2D eigenvalue weighted by Gasteiger charge is -2.31. The van der Waals surface area contributed by atoms with Gasteiger partial charge >= 0.3 is 0 Å². The highest BCUT2D eigenvalue weighted by atomic mass is 16.5. The van der Waals surface area contributed by atoms with Gasteiger partial charge in [0, 0.05) is 13.1 Å². The summed E-state index contributed by atoms with van der Waals surface area (Å²) in [7, 11) is 1.89. The van der Waals surface area contributed by atoms with E-state index in [2.05, 4.69) is 13.8 Å². The van der Waals surface area contributed by atoms with Crippen molar-refractivity contribution in [3.63, 3.8) is 0 Å². The highest BCUT2D eigenvalue weighted by molar-refractivity contribution is 5.79. The Morgan fingerprint density at radius 2 is 2.22 bits per heavy atom. The number of carbonyl (C=O) groups is 1. The number of nitrogens with zero attached hydrogens (tertiary/aromatic N) is 1. The Morgan fingerprint density at radius 1 is 1.50 bits per heavy atom. The molecule has 2 rings (SSSR count). The third kappa shape index (κ3) is 2.50. The van der Waals surface area contributed by atoms with Gasteiger partial charge in [-0.1, -0.05) is 25.1 Å². The quantitative estimate of drug-likeness (QED) is 0.821. The largest absolute Gasteiger partial charge is 0.492 e. The standard InChI is InChI=1S/C15H21NO2/c1-4-11(2)16(3)15(17)13-9-12-7-5-6-8-14(12)18-10-13/h5-8,11,13H,4,9-10H2,1-3H3. The van der Waals surface area contributed by atoms with E-state index in [1.54, 1.807) is 0 Å². The first kappa shape index (κ1) is 12.9. The summed E-state index contributed by atoms with van der Waals surface area (Å²) in [6.45, 7) is 4.67. The Bertz CT molecular complexity index is 430. The SMILES string of the molecule is CCC(C)N(C)C(=O)C1COc2ccccc2C1. The van der Waals surface area contributed by atoms with Crippen molar-refractivity contribution in [2.24, 2.45) is 5.92 Å². The second kappa shape index (κ2) is 5.42. The maximum atomic E-state index is 12.4. The average Bonchev–Trinajstić information content (AvgIpc) is 2.44. The van der Waals surface area contributed by atoms with Gasteiger partial charge in [-0.15, -0.1) is 0 Å². The summed E-state index contributed by atoms with van der Waals surface area (Å²) < 4.78 is 5.67. The first-order chi connectivity index (χ1) is 8.63. The topological polar surface area (TPSA) is 29.5 Å². The van der Waals surface area contributed by atoms with E-state index in [-0.39, 0.29) is 17.9 Å². The molecule has 0 radical (unpaired) electrons. The summed E-state index contributed by atoms with van der Waals surface area (Å²) in [5, 5.41) is 0. The summed E-state index contributed by atoms with van der Waals surface area (Å²) >= 11 is 0. The number of para-hydroxylation sites is 1. The molecule has 0 saturated carbocycles. The molecule has 3 heteroatoms. The van der Waals surface area contributed by atoms with Gasteiger partial charge in [-0.05, 0) is 31.4 Å². The van der Waals surface area contributed by atoms with Crippen LogP contribution in [0.25, 0.3) is 0 Å². The Balaban J connectivity index is 2.07. The molecule has 0 aromatic heterocycles. The molecule has 0 aliphatic carbocycles. The molecule has 0 bridgehead atoms. The van der Waals surface area contributed by atoms with Crippen LogP contribution in [0.15, 0.2) is 24.3 Å². The summed E-state index contributed by atoms with van der Waals surface area (Å²) in [4.78, 5) is 14.2. The molecule has 1 amide bonds. The number of benzene rings is 1. The number of rotatable bonds is 3. The molecule has 1 aliphatic rings. The van der Waals surface area contributed by atoms with Crippen LogP contribution >= 0.6 is 0 Å². The van der Waals surface area contributed by atoms with Gasteiger partial charge in [-0.2, -0.15) is 0 Å². The summed E-state index contributed by atoms with van der Waals surface area (Å²) in [6.07, 6.45) is 1.77. The van der Waals surface area contributed by atoms with Crippen molar-refractivity contribution in [2.45, 2.75) is 32.7 Å². The fourth-order valence-electron chi connectivity index (χ4n) is 2.27. The number of fused-ring (bicyclic) bond motifs is 1. The van der Waals surface area contributed by atoms with Gasteiger partial charge < -0.3 is 9.64 Å². The fraction of sp³-hybridized carbons (Fsp3) is 0.533.